The minimum Gasteiger partial charge on any atom is -0.311 e. The van der Waals surface area contributed by atoms with E-state index in [1.165, 1.54) is 56.5 Å². The molecule has 1 aromatic rings. The van der Waals surface area contributed by atoms with Crippen molar-refractivity contribution in [3.8, 4) is 0 Å². The van der Waals surface area contributed by atoms with Crippen molar-refractivity contribution < 1.29 is 0 Å². The van der Waals surface area contributed by atoms with E-state index in [1.807, 2.05) is 11.3 Å². The van der Waals surface area contributed by atoms with Crippen LogP contribution in [0.3, 0.4) is 0 Å². The molecular weight excluding hydrogens is 264 g/mol. The molecule has 0 amide bonds. The van der Waals surface area contributed by atoms with Crippen molar-refractivity contribution in [2.45, 2.75) is 64.1 Å². The summed E-state index contributed by atoms with van der Waals surface area (Å²) < 4.78 is 0. The number of nitrogens with zero attached hydrogens (tertiary/aromatic N) is 1. The second kappa shape index (κ2) is 7.06. The smallest absolute Gasteiger partial charge is 0.0332 e. The van der Waals surface area contributed by atoms with Crippen LogP contribution >= 0.6 is 11.3 Å². The Kier molecular flexibility index (Phi) is 5.14. The molecule has 0 radical (unpaired) electrons. The molecule has 0 aromatic carbocycles. The van der Waals surface area contributed by atoms with Crippen molar-refractivity contribution in [1.29, 1.82) is 0 Å². The Morgan fingerprint density at radius 2 is 2.15 bits per heavy atom. The molecule has 0 bridgehead atoms. The first-order chi connectivity index (χ1) is 9.86. The highest BCUT2D eigenvalue weighted by Gasteiger charge is 2.32. The molecule has 3 rings (SSSR count). The molecule has 2 atom stereocenters. The molecule has 20 heavy (non-hydrogen) atoms. The van der Waals surface area contributed by atoms with Crippen molar-refractivity contribution in [1.82, 2.24) is 10.2 Å². The molecule has 2 nitrogen and oxygen atoms in total. The third-order valence-electron chi connectivity index (χ3n) is 5.19. The van der Waals surface area contributed by atoms with Crippen molar-refractivity contribution in [3.05, 3.63) is 22.4 Å². The van der Waals surface area contributed by atoms with Crippen LogP contribution in [0.15, 0.2) is 17.5 Å². The topological polar surface area (TPSA) is 15.3 Å². The highest BCUT2D eigenvalue weighted by Crippen LogP contribution is 2.29. The summed E-state index contributed by atoms with van der Waals surface area (Å²) in [5.74, 6) is 0.924. The van der Waals surface area contributed by atoms with Gasteiger partial charge in [-0.05, 0) is 36.6 Å². The molecule has 0 spiro atoms. The Balaban J connectivity index is 1.62. The minimum absolute atomic E-state index is 0.719. The van der Waals surface area contributed by atoms with Gasteiger partial charge < -0.3 is 5.32 Å². The maximum absolute atomic E-state index is 3.86. The van der Waals surface area contributed by atoms with Gasteiger partial charge in [0.05, 0.1) is 0 Å². The zero-order valence-electron chi connectivity index (χ0n) is 12.7. The highest BCUT2D eigenvalue weighted by atomic mass is 32.1. The Morgan fingerprint density at radius 1 is 1.30 bits per heavy atom. The monoisotopic (exact) mass is 292 g/mol. The summed E-state index contributed by atoms with van der Waals surface area (Å²) in [5.41, 5.74) is 0. The van der Waals surface area contributed by atoms with Crippen molar-refractivity contribution >= 4 is 11.3 Å². The van der Waals surface area contributed by atoms with E-state index in [0.29, 0.717) is 0 Å². The molecule has 2 fully saturated rings. The first-order valence-corrected chi connectivity index (χ1v) is 9.24. The molecule has 2 heterocycles. The second-order valence-corrected chi connectivity index (χ2v) is 7.52. The zero-order valence-corrected chi connectivity index (χ0v) is 13.5. The molecule has 1 aliphatic carbocycles. The fraction of sp³-hybridized carbons (Fsp3) is 0.765. The van der Waals surface area contributed by atoms with Crippen LogP contribution in [0.1, 0.15) is 50.3 Å². The van der Waals surface area contributed by atoms with Gasteiger partial charge in [0.15, 0.2) is 0 Å². The van der Waals surface area contributed by atoms with Gasteiger partial charge in [-0.3, -0.25) is 4.90 Å². The highest BCUT2D eigenvalue weighted by molar-refractivity contribution is 7.09. The van der Waals surface area contributed by atoms with E-state index in [4.69, 9.17) is 0 Å². The van der Waals surface area contributed by atoms with E-state index in [2.05, 4.69) is 34.7 Å². The van der Waals surface area contributed by atoms with Gasteiger partial charge in [0.1, 0.15) is 0 Å². The molecule has 1 saturated heterocycles. The third kappa shape index (κ3) is 3.44. The summed E-state index contributed by atoms with van der Waals surface area (Å²) in [5, 5.41) is 6.07. The fourth-order valence-electron chi connectivity index (χ4n) is 3.93. The lowest BCUT2D eigenvalue weighted by molar-refractivity contribution is 0.0882. The van der Waals surface area contributed by atoms with Gasteiger partial charge in [0, 0.05) is 36.6 Å². The summed E-state index contributed by atoms with van der Waals surface area (Å²) in [4.78, 5) is 4.26. The van der Waals surface area contributed by atoms with Crippen LogP contribution in [-0.4, -0.2) is 30.1 Å². The van der Waals surface area contributed by atoms with Gasteiger partial charge in [-0.2, -0.15) is 0 Å². The van der Waals surface area contributed by atoms with E-state index in [9.17, 15) is 0 Å². The summed E-state index contributed by atoms with van der Waals surface area (Å²) in [6, 6.07) is 5.92. The standard InChI is InChI=1S/C17H28N2S/c1-2-15-11-18-17(14-7-4-3-5-8-14)13-19(15)12-16-9-6-10-20-16/h6,9-10,14-15,17-18H,2-5,7-8,11-13H2,1H3. The molecule has 2 unspecified atom stereocenters. The number of thiophene rings is 1. The van der Waals surface area contributed by atoms with E-state index in [0.717, 1.165) is 24.5 Å². The number of piperazine rings is 1. The first-order valence-electron chi connectivity index (χ1n) is 8.36. The maximum atomic E-state index is 3.86. The zero-order chi connectivity index (χ0) is 13.8. The van der Waals surface area contributed by atoms with Crippen LogP contribution in [0.25, 0.3) is 0 Å². The Hall–Kier alpha value is -0.380. The molecular formula is C17H28N2S. The summed E-state index contributed by atoms with van der Waals surface area (Å²) in [7, 11) is 0. The fourth-order valence-corrected chi connectivity index (χ4v) is 4.66. The van der Waals surface area contributed by atoms with Gasteiger partial charge in [-0.15, -0.1) is 11.3 Å². The molecule has 3 heteroatoms. The van der Waals surface area contributed by atoms with Gasteiger partial charge in [-0.1, -0.05) is 32.3 Å². The van der Waals surface area contributed by atoms with E-state index in [1.54, 1.807) is 0 Å². The molecule has 1 aromatic heterocycles. The quantitative estimate of drug-likeness (QED) is 0.906. The Labute approximate surface area is 127 Å². The predicted molar refractivity (Wildman–Crippen MR) is 87.2 cm³/mol. The van der Waals surface area contributed by atoms with Crippen molar-refractivity contribution in [2.24, 2.45) is 5.92 Å². The SMILES string of the molecule is CCC1CNC(C2CCCCC2)CN1Cc1cccs1. The minimum atomic E-state index is 0.719. The summed E-state index contributed by atoms with van der Waals surface area (Å²) in [6.45, 7) is 5.92. The summed E-state index contributed by atoms with van der Waals surface area (Å²) >= 11 is 1.90. The Morgan fingerprint density at radius 3 is 2.85 bits per heavy atom. The normalized spacial score (nSPS) is 29.6. The van der Waals surface area contributed by atoms with Crippen molar-refractivity contribution in [2.75, 3.05) is 13.1 Å². The third-order valence-corrected chi connectivity index (χ3v) is 6.05. The Bertz CT molecular complexity index is 384. The van der Waals surface area contributed by atoms with E-state index >= 15 is 0 Å². The number of hydrogen-bond donors (Lipinski definition) is 1. The van der Waals surface area contributed by atoms with Crippen LogP contribution in [0.2, 0.25) is 0 Å². The van der Waals surface area contributed by atoms with Crippen LogP contribution in [0, 0.1) is 5.92 Å². The lowest BCUT2D eigenvalue weighted by Crippen LogP contribution is -2.58. The van der Waals surface area contributed by atoms with Gasteiger partial charge in [-0.25, -0.2) is 0 Å². The molecule has 2 aliphatic rings. The lowest BCUT2D eigenvalue weighted by atomic mass is 9.82. The first kappa shape index (κ1) is 14.6. The van der Waals surface area contributed by atoms with Crippen LogP contribution < -0.4 is 5.32 Å². The van der Waals surface area contributed by atoms with Gasteiger partial charge in [0.25, 0.3) is 0 Å². The van der Waals surface area contributed by atoms with Crippen LogP contribution in [0.5, 0.6) is 0 Å². The predicted octanol–water partition coefficient (Wildman–Crippen LogP) is 3.88. The second-order valence-electron chi connectivity index (χ2n) is 6.48. The molecule has 1 saturated carbocycles. The molecule has 1 aliphatic heterocycles. The maximum Gasteiger partial charge on any atom is 0.0332 e. The van der Waals surface area contributed by atoms with E-state index in [-0.39, 0.29) is 0 Å². The van der Waals surface area contributed by atoms with Crippen LogP contribution in [0.4, 0.5) is 0 Å². The van der Waals surface area contributed by atoms with Crippen molar-refractivity contribution in [3.63, 3.8) is 0 Å². The lowest BCUT2D eigenvalue weighted by Gasteiger charge is -2.43. The molecule has 1 N–H and O–H groups in total. The average molecular weight is 292 g/mol. The molecule has 112 valence electrons. The van der Waals surface area contributed by atoms with Crippen LogP contribution in [-0.2, 0) is 6.54 Å². The van der Waals surface area contributed by atoms with Gasteiger partial charge in [0.2, 0.25) is 0 Å². The summed E-state index contributed by atoms with van der Waals surface area (Å²) in [6.07, 6.45) is 8.51. The number of hydrogen-bond acceptors (Lipinski definition) is 3. The van der Waals surface area contributed by atoms with E-state index < -0.39 is 0 Å². The average Bonchev–Trinajstić information content (AvgIpc) is 3.01. The van der Waals surface area contributed by atoms with Gasteiger partial charge >= 0.3 is 0 Å². The number of rotatable bonds is 4. The largest absolute Gasteiger partial charge is 0.311 e. The number of nitrogens with one attached hydrogen (secondary N) is 1.